The molecular weight excluding hydrogens is 430 g/mol. The molecule has 1 N–H and O–H groups in total. The minimum absolute atomic E-state index is 0.00411. The Morgan fingerprint density at radius 3 is 2.63 bits per heavy atom. The van der Waals surface area contributed by atoms with Crippen molar-refractivity contribution in [2.24, 2.45) is 5.92 Å². The van der Waals surface area contributed by atoms with E-state index in [0.717, 1.165) is 24.0 Å². The molecule has 5 nitrogen and oxygen atoms in total. The first kappa shape index (κ1) is 21.4. The Kier molecular flexibility index (Phi) is 5.96. The number of carbonyl (C=O) groups is 1. The van der Waals surface area contributed by atoms with Gasteiger partial charge in [-0.05, 0) is 42.8 Å². The fourth-order valence-electron chi connectivity index (χ4n) is 4.30. The second-order valence-corrected chi connectivity index (χ2v) is 10.8. The van der Waals surface area contributed by atoms with Gasteiger partial charge in [0, 0.05) is 41.4 Å². The van der Waals surface area contributed by atoms with Gasteiger partial charge in [-0.3, -0.25) is 4.79 Å². The standard InChI is InChI=1S/C21H24F2N2O3S2/c1-30(27,28)24-13-5-2-3-9-25(12-13)21(26)16-11-15(16)20-14(8-10-29-20)19-17(22)6-4-7-18(19)23/h4,6-8,10,13,15-16,24H,2-3,5,9,11-12H2,1H3/t13-,15-,16-/m1/s1. The van der Waals surface area contributed by atoms with E-state index in [2.05, 4.69) is 4.72 Å². The number of thiophene rings is 1. The van der Waals surface area contributed by atoms with Gasteiger partial charge in [0.25, 0.3) is 0 Å². The van der Waals surface area contributed by atoms with E-state index in [9.17, 15) is 22.0 Å². The number of benzene rings is 1. The Balaban J connectivity index is 1.50. The number of carbonyl (C=O) groups excluding carboxylic acids is 1. The average Bonchev–Trinajstić information content (AvgIpc) is 3.37. The number of amides is 1. The minimum Gasteiger partial charge on any atom is -0.341 e. The molecule has 9 heteroatoms. The predicted molar refractivity (Wildman–Crippen MR) is 113 cm³/mol. The molecule has 1 saturated carbocycles. The molecule has 162 valence electrons. The van der Waals surface area contributed by atoms with Gasteiger partial charge in [-0.15, -0.1) is 11.3 Å². The van der Waals surface area contributed by atoms with Crippen LogP contribution in [0.3, 0.4) is 0 Å². The van der Waals surface area contributed by atoms with Gasteiger partial charge in [0.15, 0.2) is 0 Å². The number of sulfonamides is 1. The van der Waals surface area contributed by atoms with E-state index in [1.807, 2.05) is 0 Å². The van der Waals surface area contributed by atoms with Crippen LogP contribution in [0.1, 0.15) is 36.5 Å². The lowest BCUT2D eigenvalue weighted by Crippen LogP contribution is -2.44. The van der Waals surface area contributed by atoms with E-state index in [1.54, 1.807) is 16.3 Å². The third-order valence-corrected chi connectivity index (χ3v) is 7.55. The second kappa shape index (κ2) is 8.36. The molecule has 0 spiro atoms. The fourth-order valence-corrected chi connectivity index (χ4v) is 6.18. The monoisotopic (exact) mass is 454 g/mol. The Morgan fingerprint density at radius 2 is 1.93 bits per heavy atom. The maximum absolute atomic E-state index is 14.3. The molecule has 30 heavy (non-hydrogen) atoms. The summed E-state index contributed by atoms with van der Waals surface area (Å²) < 4.78 is 54.4. The Morgan fingerprint density at radius 1 is 1.20 bits per heavy atom. The molecule has 0 radical (unpaired) electrons. The van der Waals surface area contributed by atoms with Crippen molar-refractivity contribution in [2.45, 2.75) is 37.6 Å². The van der Waals surface area contributed by atoms with Crippen LogP contribution in [0.5, 0.6) is 0 Å². The van der Waals surface area contributed by atoms with E-state index in [0.29, 0.717) is 31.5 Å². The molecule has 3 atom stereocenters. The summed E-state index contributed by atoms with van der Waals surface area (Å²) in [6, 6.07) is 5.24. The zero-order valence-electron chi connectivity index (χ0n) is 16.6. The van der Waals surface area contributed by atoms with Crippen molar-refractivity contribution in [2.75, 3.05) is 19.3 Å². The van der Waals surface area contributed by atoms with Crippen LogP contribution < -0.4 is 4.72 Å². The molecule has 1 aromatic heterocycles. The molecule has 1 aliphatic heterocycles. The molecule has 2 aliphatic rings. The normalized spacial score (nSPS) is 24.5. The van der Waals surface area contributed by atoms with Crippen LogP contribution in [0.15, 0.2) is 29.6 Å². The third kappa shape index (κ3) is 4.58. The number of hydrogen-bond donors (Lipinski definition) is 1. The first-order valence-electron chi connectivity index (χ1n) is 10.0. The van der Waals surface area contributed by atoms with E-state index in [1.165, 1.54) is 29.5 Å². The highest BCUT2D eigenvalue weighted by atomic mass is 32.2. The second-order valence-electron chi connectivity index (χ2n) is 8.11. The van der Waals surface area contributed by atoms with Crippen molar-refractivity contribution in [3.63, 3.8) is 0 Å². The SMILES string of the molecule is CS(=O)(=O)N[C@@H]1CCCCN(C(=O)[C@@H]2C[C@H]2c2sccc2-c2c(F)cccc2F)C1. The zero-order valence-corrected chi connectivity index (χ0v) is 18.2. The summed E-state index contributed by atoms with van der Waals surface area (Å²) in [6.45, 7) is 0.956. The summed E-state index contributed by atoms with van der Waals surface area (Å²) in [6.07, 6.45) is 4.15. The van der Waals surface area contributed by atoms with E-state index < -0.39 is 21.7 Å². The van der Waals surface area contributed by atoms with Crippen molar-refractivity contribution in [3.05, 3.63) is 46.2 Å². The largest absolute Gasteiger partial charge is 0.341 e. The van der Waals surface area contributed by atoms with Crippen molar-refractivity contribution in [1.82, 2.24) is 9.62 Å². The Bertz CT molecular complexity index is 1030. The molecule has 0 bridgehead atoms. The summed E-state index contributed by atoms with van der Waals surface area (Å²) in [5, 5.41) is 1.80. The van der Waals surface area contributed by atoms with Crippen molar-refractivity contribution in [3.8, 4) is 11.1 Å². The molecule has 1 aromatic carbocycles. The zero-order chi connectivity index (χ0) is 21.5. The van der Waals surface area contributed by atoms with E-state index in [-0.39, 0.29) is 29.3 Å². The lowest BCUT2D eigenvalue weighted by Gasteiger charge is -2.25. The molecular formula is C21H24F2N2O3S2. The van der Waals surface area contributed by atoms with E-state index >= 15 is 0 Å². The topological polar surface area (TPSA) is 66.5 Å². The van der Waals surface area contributed by atoms with Gasteiger partial charge in [-0.2, -0.15) is 0 Å². The summed E-state index contributed by atoms with van der Waals surface area (Å²) >= 11 is 1.42. The molecule has 2 fully saturated rings. The van der Waals surface area contributed by atoms with Crippen LogP contribution in [0.4, 0.5) is 8.78 Å². The van der Waals surface area contributed by atoms with Crippen molar-refractivity contribution in [1.29, 1.82) is 0 Å². The van der Waals surface area contributed by atoms with Gasteiger partial charge < -0.3 is 4.90 Å². The lowest BCUT2D eigenvalue weighted by molar-refractivity contribution is -0.132. The van der Waals surface area contributed by atoms with Gasteiger partial charge in [0.05, 0.1) is 11.8 Å². The maximum Gasteiger partial charge on any atom is 0.226 e. The van der Waals surface area contributed by atoms with Crippen LogP contribution in [-0.4, -0.2) is 44.6 Å². The van der Waals surface area contributed by atoms with Crippen LogP contribution in [-0.2, 0) is 14.8 Å². The number of rotatable bonds is 5. The molecule has 0 unspecified atom stereocenters. The molecule has 1 saturated heterocycles. The summed E-state index contributed by atoms with van der Waals surface area (Å²) in [7, 11) is -3.34. The van der Waals surface area contributed by atoms with Crippen molar-refractivity contribution < 1.29 is 22.0 Å². The fraction of sp³-hybridized carbons (Fsp3) is 0.476. The van der Waals surface area contributed by atoms with E-state index in [4.69, 9.17) is 0 Å². The van der Waals surface area contributed by atoms with Gasteiger partial charge >= 0.3 is 0 Å². The first-order chi connectivity index (χ1) is 14.2. The third-order valence-electron chi connectivity index (χ3n) is 5.74. The number of halogens is 2. The molecule has 1 aliphatic carbocycles. The summed E-state index contributed by atoms with van der Waals surface area (Å²) in [5.74, 6) is -1.51. The van der Waals surface area contributed by atoms with Crippen LogP contribution in [0, 0.1) is 17.6 Å². The average molecular weight is 455 g/mol. The highest BCUT2D eigenvalue weighted by Gasteiger charge is 2.48. The number of likely N-dealkylation sites (tertiary alicyclic amines) is 1. The Hall–Kier alpha value is -1.84. The molecule has 1 amide bonds. The summed E-state index contributed by atoms with van der Waals surface area (Å²) in [5.41, 5.74) is 0.474. The lowest BCUT2D eigenvalue weighted by atomic mass is 10.0. The van der Waals surface area contributed by atoms with Crippen LogP contribution in [0.25, 0.3) is 11.1 Å². The maximum atomic E-state index is 14.3. The van der Waals surface area contributed by atoms with Gasteiger partial charge in [0.2, 0.25) is 15.9 Å². The smallest absolute Gasteiger partial charge is 0.226 e. The molecule has 2 heterocycles. The Labute approximate surface area is 179 Å². The van der Waals surface area contributed by atoms with Gasteiger partial charge in [0.1, 0.15) is 11.6 Å². The number of hydrogen-bond acceptors (Lipinski definition) is 4. The number of nitrogens with zero attached hydrogens (tertiary/aromatic N) is 1. The highest BCUT2D eigenvalue weighted by Crippen LogP contribution is 2.53. The van der Waals surface area contributed by atoms with Crippen molar-refractivity contribution >= 4 is 27.3 Å². The predicted octanol–water partition coefficient (Wildman–Crippen LogP) is 3.73. The molecule has 4 rings (SSSR count). The van der Waals surface area contributed by atoms with Gasteiger partial charge in [-0.1, -0.05) is 12.5 Å². The summed E-state index contributed by atoms with van der Waals surface area (Å²) in [4.78, 5) is 15.7. The minimum atomic E-state index is -3.34. The number of nitrogens with one attached hydrogen (secondary N) is 1. The van der Waals surface area contributed by atoms with Crippen LogP contribution >= 0.6 is 11.3 Å². The highest BCUT2D eigenvalue weighted by molar-refractivity contribution is 7.88. The quantitative estimate of drug-likeness (QED) is 0.749. The van der Waals surface area contributed by atoms with Gasteiger partial charge in [-0.25, -0.2) is 21.9 Å². The molecule has 2 aromatic rings. The van der Waals surface area contributed by atoms with Crippen LogP contribution in [0.2, 0.25) is 0 Å². The first-order valence-corrected chi connectivity index (χ1v) is 12.8.